The summed E-state index contributed by atoms with van der Waals surface area (Å²) in [6, 6.07) is 7.50. The van der Waals surface area contributed by atoms with Crippen LogP contribution >= 0.6 is 0 Å². The van der Waals surface area contributed by atoms with Gasteiger partial charge in [-0.05, 0) is 32.9 Å². The van der Waals surface area contributed by atoms with Gasteiger partial charge in [0.25, 0.3) is 5.56 Å². The van der Waals surface area contributed by atoms with E-state index in [1.807, 2.05) is 60.1 Å². The lowest BCUT2D eigenvalue weighted by molar-refractivity contribution is 0.666. The number of hydrogen-bond acceptors (Lipinski definition) is 4. The Bertz CT molecular complexity index is 1380. The number of anilines is 1. The standard InChI is InChI=1S/C20H22N6O2/c1-5-6-11-24-18(27)16-17(23(4)20(24)28)22-19-25(12(2)13(3)26(16)19)15-10-8-7-9-14(15)21/h5-10H,11,21H2,1-4H3. The molecule has 144 valence electrons. The smallest absolute Gasteiger partial charge is 0.332 e. The second-order valence-corrected chi connectivity index (χ2v) is 6.81. The molecule has 3 aromatic heterocycles. The molecule has 0 amide bonds. The highest BCUT2D eigenvalue weighted by molar-refractivity contribution is 5.78. The Morgan fingerprint density at radius 1 is 1.14 bits per heavy atom. The zero-order valence-electron chi connectivity index (χ0n) is 16.3. The number of aromatic nitrogens is 5. The fourth-order valence-electron chi connectivity index (χ4n) is 3.60. The highest BCUT2D eigenvalue weighted by atomic mass is 16.2. The number of hydrogen-bond donors (Lipinski definition) is 1. The average molecular weight is 378 g/mol. The van der Waals surface area contributed by atoms with Gasteiger partial charge in [-0.2, -0.15) is 4.98 Å². The van der Waals surface area contributed by atoms with Crippen LogP contribution in [0.4, 0.5) is 5.69 Å². The first-order valence-electron chi connectivity index (χ1n) is 9.04. The largest absolute Gasteiger partial charge is 0.397 e. The first kappa shape index (κ1) is 17.8. The fraction of sp³-hybridized carbons (Fsp3) is 0.250. The molecular formula is C20H22N6O2. The second kappa shape index (κ2) is 6.26. The molecular weight excluding hydrogens is 356 g/mol. The molecule has 0 radical (unpaired) electrons. The number of allylic oxidation sites excluding steroid dienone is 2. The van der Waals surface area contributed by atoms with Gasteiger partial charge in [0.2, 0.25) is 5.78 Å². The number of imidazole rings is 2. The molecule has 3 heterocycles. The third kappa shape index (κ3) is 2.27. The molecule has 0 saturated heterocycles. The zero-order valence-corrected chi connectivity index (χ0v) is 16.3. The number of benzene rings is 1. The van der Waals surface area contributed by atoms with Crippen LogP contribution in [0.3, 0.4) is 0 Å². The number of aryl methyl sites for hydroxylation is 2. The Hall–Kier alpha value is -3.55. The molecule has 0 aliphatic rings. The summed E-state index contributed by atoms with van der Waals surface area (Å²) in [5.74, 6) is 0.554. The monoisotopic (exact) mass is 378 g/mol. The fourth-order valence-corrected chi connectivity index (χ4v) is 3.60. The van der Waals surface area contributed by atoms with Crippen LogP contribution in [-0.2, 0) is 13.6 Å². The maximum Gasteiger partial charge on any atom is 0.332 e. The molecule has 0 bridgehead atoms. The zero-order chi connectivity index (χ0) is 20.2. The third-order valence-electron chi connectivity index (χ3n) is 5.22. The first-order chi connectivity index (χ1) is 13.4. The van der Waals surface area contributed by atoms with E-state index in [0.717, 1.165) is 17.1 Å². The maximum absolute atomic E-state index is 13.2. The lowest BCUT2D eigenvalue weighted by Crippen LogP contribution is -2.39. The van der Waals surface area contributed by atoms with E-state index < -0.39 is 5.69 Å². The summed E-state index contributed by atoms with van der Waals surface area (Å²) in [6.45, 7) is 5.96. The topological polar surface area (TPSA) is 92.2 Å². The highest BCUT2D eigenvalue weighted by Crippen LogP contribution is 2.27. The average Bonchev–Trinajstić information content (AvgIpc) is 3.17. The number of para-hydroxylation sites is 2. The van der Waals surface area contributed by atoms with Gasteiger partial charge in [-0.1, -0.05) is 24.3 Å². The number of nitrogens with zero attached hydrogens (tertiary/aromatic N) is 5. The Kier molecular flexibility index (Phi) is 3.99. The highest BCUT2D eigenvalue weighted by Gasteiger charge is 2.23. The molecule has 0 spiro atoms. The van der Waals surface area contributed by atoms with Crippen LogP contribution < -0.4 is 17.0 Å². The lowest BCUT2D eigenvalue weighted by atomic mass is 10.2. The van der Waals surface area contributed by atoms with Gasteiger partial charge in [-0.15, -0.1) is 0 Å². The van der Waals surface area contributed by atoms with E-state index in [1.165, 1.54) is 9.13 Å². The van der Waals surface area contributed by atoms with Crippen molar-refractivity contribution in [3.05, 3.63) is 68.6 Å². The molecule has 8 nitrogen and oxygen atoms in total. The molecule has 0 atom stereocenters. The Balaban J connectivity index is 2.20. The normalized spacial score (nSPS) is 12.0. The molecule has 0 aliphatic heterocycles. The molecule has 8 heteroatoms. The number of nitrogens with two attached hydrogens (primary N) is 1. The number of fused-ring (bicyclic) bond motifs is 3. The Labute approximate surface area is 160 Å². The van der Waals surface area contributed by atoms with E-state index in [1.54, 1.807) is 13.1 Å². The lowest BCUT2D eigenvalue weighted by Gasteiger charge is -2.09. The Morgan fingerprint density at radius 3 is 2.54 bits per heavy atom. The van der Waals surface area contributed by atoms with E-state index in [0.29, 0.717) is 22.6 Å². The predicted molar refractivity (Wildman–Crippen MR) is 110 cm³/mol. The van der Waals surface area contributed by atoms with Gasteiger partial charge in [0.05, 0.1) is 11.4 Å². The van der Waals surface area contributed by atoms with Crippen LogP contribution in [0.2, 0.25) is 0 Å². The minimum Gasteiger partial charge on any atom is -0.397 e. The first-order valence-corrected chi connectivity index (χ1v) is 9.04. The van der Waals surface area contributed by atoms with Crippen molar-refractivity contribution in [2.24, 2.45) is 7.05 Å². The van der Waals surface area contributed by atoms with Crippen LogP contribution in [0.5, 0.6) is 0 Å². The summed E-state index contributed by atoms with van der Waals surface area (Å²) < 4.78 is 6.37. The van der Waals surface area contributed by atoms with Gasteiger partial charge in [0, 0.05) is 25.0 Å². The van der Waals surface area contributed by atoms with E-state index in [9.17, 15) is 9.59 Å². The van der Waals surface area contributed by atoms with Crippen molar-refractivity contribution >= 4 is 22.6 Å². The van der Waals surface area contributed by atoms with Gasteiger partial charge >= 0.3 is 5.69 Å². The number of rotatable bonds is 3. The molecule has 1 aromatic carbocycles. The van der Waals surface area contributed by atoms with Gasteiger partial charge in [-0.3, -0.25) is 22.9 Å². The minimum atomic E-state index is -0.392. The SMILES string of the molecule is CC=CCn1c(=O)c2c(nc3n(-c4ccccc4N)c(C)c(C)n23)n(C)c1=O. The van der Waals surface area contributed by atoms with Crippen LogP contribution in [0.1, 0.15) is 18.3 Å². The van der Waals surface area contributed by atoms with E-state index in [2.05, 4.69) is 4.98 Å². The summed E-state index contributed by atoms with van der Waals surface area (Å²) in [5, 5.41) is 0. The van der Waals surface area contributed by atoms with E-state index >= 15 is 0 Å². The van der Waals surface area contributed by atoms with Crippen molar-refractivity contribution in [1.82, 2.24) is 23.1 Å². The van der Waals surface area contributed by atoms with Gasteiger partial charge in [0.1, 0.15) is 0 Å². The Morgan fingerprint density at radius 2 is 1.86 bits per heavy atom. The minimum absolute atomic E-state index is 0.218. The molecule has 0 saturated carbocycles. The van der Waals surface area contributed by atoms with Crippen molar-refractivity contribution in [3.8, 4) is 5.69 Å². The van der Waals surface area contributed by atoms with Crippen LogP contribution in [0.25, 0.3) is 22.6 Å². The molecule has 2 N–H and O–H groups in total. The second-order valence-electron chi connectivity index (χ2n) is 6.81. The summed E-state index contributed by atoms with van der Waals surface area (Å²) in [4.78, 5) is 30.5. The van der Waals surface area contributed by atoms with Crippen molar-refractivity contribution in [1.29, 1.82) is 0 Å². The van der Waals surface area contributed by atoms with Crippen molar-refractivity contribution in [3.63, 3.8) is 0 Å². The van der Waals surface area contributed by atoms with Crippen LogP contribution in [-0.4, -0.2) is 23.1 Å². The van der Waals surface area contributed by atoms with Crippen molar-refractivity contribution < 1.29 is 0 Å². The summed E-state index contributed by atoms with van der Waals surface area (Å²) in [6.07, 6.45) is 3.59. The molecule has 0 fully saturated rings. The van der Waals surface area contributed by atoms with Gasteiger partial charge < -0.3 is 5.73 Å². The summed E-state index contributed by atoms with van der Waals surface area (Å²) in [7, 11) is 1.63. The van der Waals surface area contributed by atoms with Gasteiger partial charge in [-0.25, -0.2) is 4.79 Å². The predicted octanol–water partition coefficient (Wildman–Crippen LogP) is 1.91. The van der Waals surface area contributed by atoms with E-state index in [4.69, 9.17) is 5.73 Å². The molecule has 4 aromatic rings. The van der Waals surface area contributed by atoms with Crippen LogP contribution in [0.15, 0.2) is 46.0 Å². The quantitative estimate of drug-likeness (QED) is 0.435. The van der Waals surface area contributed by atoms with Gasteiger partial charge in [0.15, 0.2) is 11.2 Å². The summed E-state index contributed by atoms with van der Waals surface area (Å²) >= 11 is 0. The third-order valence-corrected chi connectivity index (χ3v) is 5.22. The van der Waals surface area contributed by atoms with Crippen molar-refractivity contribution in [2.45, 2.75) is 27.3 Å². The number of nitrogen functional groups attached to an aromatic ring is 1. The van der Waals surface area contributed by atoms with Crippen LogP contribution in [0, 0.1) is 13.8 Å². The molecule has 28 heavy (non-hydrogen) atoms. The summed E-state index contributed by atoms with van der Waals surface area (Å²) in [5.41, 5.74) is 9.37. The van der Waals surface area contributed by atoms with Crippen molar-refractivity contribution in [2.75, 3.05) is 5.73 Å². The molecule has 4 rings (SSSR count). The molecule has 0 unspecified atom stereocenters. The maximum atomic E-state index is 13.2. The van der Waals surface area contributed by atoms with E-state index in [-0.39, 0.29) is 12.1 Å². The molecule has 0 aliphatic carbocycles.